The molecule has 100 valence electrons. The molecule has 19 heavy (non-hydrogen) atoms. The van der Waals surface area contributed by atoms with Crippen LogP contribution in [0, 0.1) is 0 Å². The fraction of sp³-hybridized carbons (Fsp3) is 0.308. The van der Waals surface area contributed by atoms with Crippen molar-refractivity contribution in [2.24, 2.45) is 0 Å². The molecule has 2 aromatic heterocycles. The highest BCUT2D eigenvalue weighted by Crippen LogP contribution is 2.12. The van der Waals surface area contributed by atoms with Gasteiger partial charge in [0.1, 0.15) is 16.1 Å². The lowest BCUT2D eigenvalue weighted by molar-refractivity contribution is 0.101. The molecule has 2 heterocycles. The van der Waals surface area contributed by atoms with E-state index in [2.05, 4.69) is 31.3 Å². The fourth-order valence-electron chi connectivity index (χ4n) is 1.72. The molecule has 0 aliphatic heterocycles. The van der Waals surface area contributed by atoms with Gasteiger partial charge in [-0.3, -0.25) is 9.48 Å². The number of amides is 1. The quantitative estimate of drug-likeness (QED) is 0.880. The fourth-order valence-corrected chi connectivity index (χ4v) is 2.07. The first-order valence-electron chi connectivity index (χ1n) is 6.14. The van der Waals surface area contributed by atoms with E-state index in [0.29, 0.717) is 22.7 Å². The number of aryl methyl sites for hydroxylation is 2. The van der Waals surface area contributed by atoms with Gasteiger partial charge in [0.05, 0.1) is 5.69 Å². The van der Waals surface area contributed by atoms with Gasteiger partial charge in [-0.2, -0.15) is 5.10 Å². The zero-order valence-electron chi connectivity index (χ0n) is 10.9. The van der Waals surface area contributed by atoms with Crippen LogP contribution in [0.4, 0.5) is 5.82 Å². The minimum Gasteiger partial charge on any atom is -0.305 e. The molecule has 6 heteroatoms. The molecule has 2 aromatic rings. The lowest BCUT2D eigenvalue weighted by Crippen LogP contribution is -2.17. The van der Waals surface area contributed by atoms with Crippen molar-refractivity contribution >= 4 is 27.7 Å². The van der Waals surface area contributed by atoms with E-state index in [9.17, 15) is 4.79 Å². The maximum absolute atomic E-state index is 12.2. The van der Waals surface area contributed by atoms with Crippen molar-refractivity contribution in [2.75, 3.05) is 5.32 Å². The van der Waals surface area contributed by atoms with Gasteiger partial charge >= 0.3 is 0 Å². The Morgan fingerprint density at radius 1 is 1.42 bits per heavy atom. The third-order valence-corrected chi connectivity index (χ3v) is 3.12. The zero-order chi connectivity index (χ0) is 13.8. The van der Waals surface area contributed by atoms with Crippen molar-refractivity contribution in [1.82, 2.24) is 14.8 Å². The van der Waals surface area contributed by atoms with Crippen LogP contribution in [0.2, 0.25) is 0 Å². The monoisotopic (exact) mass is 322 g/mol. The Morgan fingerprint density at radius 2 is 2.21 bits per heavy atom. The number of anilines is 1. The maximum Gasteiger partial charge on any atom is 0.275 e. The van der Waals surface area contributed by atoms with Crippen LogP contribution in [-0.2, 0) is 13.0 Å². The Bertz CT molecular complexity index is 594. The molecule has 0 saturated carbocycles. The summed E-state index contributed by atoms with van der Waals surface area (Å²) < 4.78 is 2.38. The normalized spacial score (nSPS) is 10.5. The van der Waals surface area contributed by atoms with E-state index in [1.165, 1.54) is 0 Å². The molecule has 0 spiro atoms. The second kappa shape index (κ2) is 5.97. The van der Waals surface area contributed by atoms with Crippen LogP contribution in [0.1, 0.15) is 30.0 Å². The van der Waals surface area contributed by atoms with Crippen LogP contribution in [0.5, 0.6) is 0 Å². The smallest absolute Gasteiger partial charge is 0.275 e. The molecule has 0 unspecified atom stereocenters. The predicted octanol–water partition coefficient (Wildman–Crippen LogP) is 2.88. The summed E-state index contributed by atoms with van der Waals surface area (Å²) in [5.74, 6) is 0.320. The van der Waals surface area contributed by atoms with Gasteiger partial charge in [-0.25, -0.2) is 4.98 Å². The van der Waals surface area contributed by atoms with Crippen LogP contribution < -0.4 is 5.32 Å². The molecular weight excluding hydrogens is 308 g/mol. The number of nitrogens with one attached hydrogen (secondary N) is 1. The Morgan fingerprint density at radius 3 is 2.84 bits per heavy atom. The van der Waals surface area contributed by atoms with Gasteiger partial charge in [-0.05, 0) is 47.5 Å². The van der Waals surface area contributed by atoms with E-state index in [4.69, 9.17) is 0 Å². The lowest BCUT2D eigenvalue weighted by Gasteiger charge is -2.06. The SMILES string of the molecule is CCc1cc(C(=O)Nc2cccc(Br)n2)n(CC)n1. The average molecular weight is 323 g/mol. The first-order chi connectivity index (χ1) is 9.13. The highest BCUT2D eigenvalue weighted by atomic mass is 79.9. The third-order valence-electron chi connectivity index (χ3n) is 2.68. The number of carbonyl (C=O) groups excluding carboxylic acids is 1. The molecule has 0 aliphatic carbocycles. The van der Waals surface area contributed by atoms with Gasteiger partial charge in [-0.1, -0.05) is 13.0 Å². The molecule has 0 radical (unpaired) electrons. The van der Waals surface area contributed by atoms with E-state index in [-0.39, 0.29) is 5.91 Å². The van der Waals surface area contributed by atoms with Crippen molar-refractivity contribution < 1.29 is 4.79 Å². The molecule has 1 amide bonds. The largest absolute Gasteiger partial charge is 0.305 e. The van der Waals surface area contributed by atoms with Crippen molar-refractivity contribution in [3.63, 3.8) is 0 Å². The van der Waals surface area contributed by atoms with Gasteiger partial charge in [0, 0.05) is 6.54 Å². The molecule has 5 nitrogen and oxygen atoms in total. The van der Waals surface area contributed by atoms with Crippen LogP contribution >= 0.6 is 15.9 Å². The minimum atomic E-state index is -0.195. The van der Waals surface area contributed by atoms with Gasteiger partial charge in [0.15, 0.2) is 0 Å². The molecule has 0 bridgehead atoms. The summed E-state index contributed by atoms with van der Waals surface area (Å²) in [5.41, 5.74) is 1.47. The Kier molecular flexibility index (Phi) is 4.31. The van der Waals surface area contributed by atoms with Gasteiger partial charge in [0.2, 0.25) is 0 Å². The first kappa shape index (κ1) is 13.7. The van der Waals surface area contributed by atoms with E-state index in [1.54, 1.807) is 16.8 Å². The summed E-state index contributed by atoms with van der Waals surface area (Å²) in [4.78, 5) is 16.4. The summed E-state index contributed by atoms with van der Waals surface area (Å²) in [6.45, 7) is 4.63. The first-order valence-corrected chi connectivity index (χ1v) is 6.94. The van der Waals surface area contributed by atoms with Crippen LogP contribution in [-0.4, -0.2) is 20.7 Å². The Balaban J connectivity index is 2.22. The molecule has 0 fully saturated rings. The second-order valence-corrected chi connectivity index (χ2v) is 4.80. The highest BCUT2D eigenvalue weighted by molar-refractivity contribution is 9.10. The molecular formula is C13H15BrN4O. The molecule has 0 aliphatic rings. The Hall–Kier alpha value is -1.69. The van der Waals surface area contributed by atoms with E-state index < -0.39 is 0 Å². The number of carbonyl (C=O) groups is 1. The summed E-state index contributed by atoms with van der Waals surface area (Å²) in [5, 5.41) is 7.12. The van der Waals surface area contributed by atoms with Gasteiger partial charge in [-0.15, -0.1) is 0 Å². The van der Waals surface area contributed by atoms with E-state index in [0.717, 1.165) is 12.1 Å². The standard InChI is InChI=1S/C13H15BrN4O/c1-3-9-8-10(18(4-2)17-9)13(19)16-12-7-5-6-11(14)15-12/h5-8H,3-4H2,1-2H3,(H,15,16,19). The molecule has 0 aromatic carbocycles. The molecule has 0 saturated heterocycles. The van der Waals surface area contributed by atoms with Crippen LogP contribution in [0.3, 0.4) is 0 Å². The van der Waals surface area contributed by atoms with Crippen molar-refractivity contribution in [3.05, 3.63) is 40.3 Å². The number of nitrogens with zero attached hydrogens (tertiary/aromatic N) is 3. The van der Waals surface area contributed by atoms with Crippen LogP contribution in [0.25, 0.3) is 0 Å². The molecule has 0 atom stereocenters. The minimum absolute atomic E-state index is 0.195. The number of aromatic nitrogens is 3. The number of hydrogen-bond donors (Lipinski definition) is 1. The summed E-state index contributed by atoms with van der Waals surface area (Å²) in [7, 11) is 0. The predicted molar refractivity (Wildman–Crippen MR) is 77.2 cm³/mol. The van der Waals surface area contributed by atoms with Gasteiger partial charge in [0.25, 0.3) is 5.91 Å². The van der Waals surface area contributed by atoms with E-state index >= 15 is 0 Å². The highest BCUT2D eigenvalue weighted by Gasteiger charge is 2.14. The maximum atomic E-state index is 12.2. The number of rotatable bonds is 4. The zero-order valence-corrected chi connectivity index (χ0v) is 12.4. The van der Waals surface area contributed by atoms with Crippen LogP contribution in [0.15, 0.2) is 28.9 Å². The van der Waals surface area contributed by atoms with Crippen molar-refractivity contribution in [1.29, 1.82) is 0 Å². The van der Waals surface area contributed by atoms with Crippen molar-refractivity contribution in [3.8, 4) is 0 Å². The van der Waals surface area contributed by atoms with Gasteiger partial charge < -0.3 is 5.32 Å². The van der Waals surface area contributed by atoms with E-state index in [1.807, 2.05) is 26.0 Å². The number of halogens is 1. The summed E-state index contributed by atoms with van der Waals surface area (Å²) in [6.07, 6.45) is 0.808. The lowest BCUT2D eigenvalue weighted by atomic mass is 10.3. The molecule has 1 N–H and O–H groups in total. The Labute approximate surface area is 120 Å². The average Bonchev–Trinajstić information content (AvgIpc) is 2.82. The summed E-state index contributed by atoms with van der Waals surface area (Å²) >= 11 is 3.27. The molecule has 2 rings (SSSR count). The topological polar surface area (TPSA) is 59.8 Å². The van der Waals surface area contributed by atoms with Crippen molar-refractivity contribution in [2.45, 2.75) is 26.8 Å². The number of hydrogen-bond acceptors (Lipinski definition) is 3. The third kappa shape index (κ3) is 3.20. The number of pyridine rings is 1. The summed E-state index contributed by atoms with van der Waals surface area (Å²) in [6, 6.07) is 7.19. The second-order valence-electron chi connectivity index (χ2n) is 3.99.